The van der Waals surface area contributed by atoms with Crippen LogP contribution >= 0.6 is 0 Å². The summed E-state index contributed by atoms with van der Waals surface area (Å²) < 4.78 is 0. The third-order valence-corrected chi connectivity index (χ3v) is 4.46. The van der Waals surface area contributed by atoms with E-state index in [1.807, 2.05) is 44.1 Å². The first-order valence-corrected chi connectivity index (χ1v) is 7.73. The Hall–Kier alpha value is -1.55. The fraction of sp³-hybridized carbons (Fsp3) is 0.588. The Bertz CT molecular complexity index is 493. The van der Waals surface area contributed by atoms with Gasteiger partial charge in [0, 0.05) is 31.9 Å². The van der Waals surface area contributed by atoms with Crippen molar-refractivity contribution in [1.82, 2.24) is 9.80 Å². The normalized spacial score (nSPS) is 16.8. The largest absolute Gasteiger partial charge is 0.388 e. The van der Waals surface area contributed by atoms with E-state index in [9.17, 15) is 4.79 Å². The highest BCUT2D eigenvalue weighted by atomic mass is 16.2. The second-order valence-electron chi connectivity index (χ2n) is 6.21. The molecule has 0 saturated carbocycles. The summed E-state index contributed by atoms with van der Waals surface area (Å²) in [5, 5.41) is 3.10. The molecule has 1 fully saturated rings. The predicted octanol–water partition coefficient (Wildman–Crippen LogP) is 2.45. The lowest BCUT2D eigenvalue weighted by atomic mass is 9.96. The number of anilines is 1. The van der Waals surface area contributed by atoms with Crippen molar-refractivity contribution in [3.8, 4) is 0 Å². The minimum atomic E-state index is 0.133. The van der Waals surface area contributed by atoms with Crippen molar-refractivity contribution in [2.24, 2.45) is 5.92 Å². The molecule has 21 heavy (non-hydrogen) atoms. The van der Waals surface area contributed by atoms with E-state index in [1.54, 1.807) is 0 Å². The Kier molecular flexibility index (Phi) is 5.23. The molecule has 1 aliphatic heterocycles. The Balaban J connectivity index is 1.99. The lowest BCUT2D eigenvalue weighted by Crippen LogP contribution is -2.38. The van der Waals surface area contributed by atoms with Crippen LogP contribution in [-0.2, 0) is 0 Å². The zero-order chi connectivity index (χ0) is 15.4. The van der Waals surface area contributed by atoms with Crippen molar-refractivity contribution in [2.45, 2.75) is 19.8 Å². The molecule has 4 nitrogen and oxygen atoms in total. The van der Waals surface area contributed by atoms with Crippen LogP contribution in [0.25, 0.3) is 0 Å². The molecule has 0 unspecified atom stereocenters. The highest BCUT2D eigenvalue weighted by Crippen LogP contribution is 2.20. The number of rotatable bonds is 4. The summed E-state index contributed by atoms with van der Waals surface area (Å²) in [5.41, 5.74) is 2.88. The standard InChI is InChI=1S/C17H27N3O/c1-13-11-15(18-2)5-6-16(13)17(21)20(4)12-14-7-9-19(3)10-8-14/h5-6,11,14,18H,7-10,12H2,1-4H3. The van der Waals surface area contributed by atoms with Crippen molar-refractivity contribution in [3.63, 3.8) is 0 Å². The number of likely N-dealkylation sites (tertiary alicyclic amines) is 1. The zero-order valence-electron chi connectivity index (χ0n) is 13.6. The number of aryl methyl sites for hydroxylation is 1. The molecule has 0 radical (unpaired) electrons. The van der Waals surface area contributed by atoms with Gasteiger partial charge < -0.3 is 15.1 Å². The number of nitrogens with one attached hydrogen (secondary N) is 1. The summed E-state index contributed by atoms with van der Waals surface area (Å²) in [6, 6.07) is 5.91. The highest BCUT2D eigenvalue weighted by molar-refractivity contribution is 5.95. The molecule has 0 aliphatic carbocycles. The number of carbonyl (C=O) groups is 1. The molecule has 0 bridgehead atoms. The van der Waals surface area contributed by atoms with E-state index < -0.39 is 0 Å². The van der Waals surface area contributed by atoms with E-state index in [1.165, 1.54) is 12.8 Å². The van der Waals surface area contributed by atoms with Crippen LogP contribution in [0.4, 0.5) is 5.69 Å². The van der Waals surface area contributed by atoms with E-state index in [4.69, 9.17) is 0 Å². The number of hydrogen-bond acceptors (Lipinski definition) is 3. The second kappa shape index (κ2) is 6.94. The van der Waals surface area contributed by atoms with E-state index in [0.29, 0.717) is 5.92 Å². The maximum Gasteiger partial charge on any atom is 0.253 e. The topological polar surface area (TPSA) is 35.6 Å². The second-order valence-corrected chi connectivity index (χ2v) is 6.21. The molecule has 116 valence electrons. The van der Waals surface area contributed by atoms with Gasteiger partial charge in [-0.25, -0.2) is 0 Å². The fourth-order valence-corrected chi connectivity index (χ4v) is 2.98. The molecule has 1 heterocycles. The van der Waals surface area contributed by atoms with Crippen LogP contribution in [0.5, 0.6) is 0 Å². The molecule has 1 aromatic rings. The van der Waals surface area contributed by atoms with E-state index >= 15 is 0 Å². The molecule has 4 heteroatoms. The molecule has 1 aliphatic rings. The lowest BCUT2D eigenvalue weighted by molar-refractivity contribution is 0.0746. The van der Waals surface area contributed by atoms with Crippen molar-refractivity contribution in [1.29, 1.82) is 0 Å². The molecular formula is C17H27N3O. The fourth-order valence-electron chi connectivity index (χ4n) is 2.98. The summed E-state index contributed by atoms with van der Waals surface area (Å²) in [5.74, 6) is 0.765. The SMILES string of the molecule is CNc1ccc(C(=O)N(C)CC2CCN(C)CC2)c(C)c1. The monoisotopic (exact) mass is 289 g/mol. The number of hydrogen-bond donors (Lipinski definition) is 1. The molecule has 1 N–H and O–H groups in total. The third-order valence-electron chi connectivity index (χ3n) is 4.46. The van der Waals surface area contributed by atoms with Crippen LogP contribution < -0.4 is 5.32 Å². The number of benzene rings is 1. The zero-order valence-corrected chi connectivity index (χ0v) is 13.6. The van der Waals surface area contributed by atoms with Crippen molar-refractivity contribution < 1.29 is 4.79 Å². The number of nitrogens with zero attached hydrogens (tertiary/aromatic N) is 2. The van der Waals surface area contributed by atoms with E-state index in [-0.39, 0.29) is 5.91 Å². The van der Waals surface area contributed by atoms with Gasteiger partial charge in [0.15, 0.2) is 0 Å². The molecule has 0 aromatic heterocycles. The van der Waals surface area contributed by atoms with Gasteiger partial charge in [-0.05, 0) is 69.6 Å². The van der Waals surface area contributed by atoms with Gasteiger partial charge in [0.2, 0.25) is 0 Å². The minimum absolute atomic E-state index is 0.133. The molecule has 0 spiro atoms. The number of carbonyl (C=O) groups excluding carboxylic acids is 1. The van der Waals surface area contributed by atoms with Crippen LogP contribution in [0, 0.1) is 12.8 Å². The number of piperidine rings is 1. The molecule has 1 saturated heterocycles. The Morgan fingerprint density at radius 3 is 2.62 bits per heavy atom. The Labute approximate surface area is 128 Å². The summed E-state index contributed by atoms with van der Waals surface area (Å²) in [6.07, 6.45) is 2.37. The van der Waals surface area contributed by atoms with Gasteiger partial charge >= 0.3 is 0 Å². The van der Waals surface area contributed by atoms with Gasteiger partial charge in [0.25, 0.3) is 5.91 Å². The summed E-state index contributed by atoms with van der Waals surface area (Å²) in [4.78, 5) is 16.8. The van der Waals surface area contributed by atoms with Gasteiger partial charge in [-0.15, -0.1) is 0 Å². The van der Waals surface area contributed by atoms with E-state index in [2.05, 4.69) is 17.3 Å². The van der Waals surface area contributed by atoms with Crippen LogP contribution in [0.2, 0.25) is 0 Å². The van der Waals surface area contributed by atoms with Crippen LogP contribution in [0.1, 0.15) is 28.8 Å². The smallest absolute Gasteiger partial charge is 0.253 e. The predicted molar refractivity (Wildman–Crippen MR) is 87.9 cm³/mol. The first-order valence-electron chi connectivity index (χ1n) is 7.73. The summed E-state index contributed by atoms with van der Waals surface area (Å²) in [7, 11) is 5.98. The van der Waals surface area contributed by atoms with Gasteiger partial charge in [-0.1, -0.05) is 0 Å². The third kappa shape index (κ3) is 3.97. The summed E-state index contributed by atoms with van der Waals surface area (Å²) in [6.45, 7) is 5.14. The summed E-state index contributed by atoms with van der Waals surface area (Å²) >= 11 is 0. The lowest BCUT2D eigenvalue weighted by Gasteiger charge is -2.31. The molecule has 0 atom stereocenters. The van der Waals surface area contributed by atoms with Gasteiger partial charge in [0.05, 0.1) is 0 Å². The maximum atomic E-state index is 12.6. The molecule has 1 amide bonds. The van der Waals surface area contributed by atoms with Crippen LogP contribution in [0.15, 0.2) is 18.2 Å². The minimum Gasteiger partial charge on any atom is -0.388 e. The van der Waals surface area contributed by atoms with Crippen LogP contribution in [0.3, 0.4) is 0 Å². The molecule has 2 rings (SSSR count). The average molecular weight is 289 g/mol. The van der Waals surface area contributed by atoms with Crippen molar-refractivity contribution >= 4 is 11.6 Å². The van der Waals surface area contributed by atoms with Crippen molar-refractivity contribution in [3.05, 3.63) is 29.3 Å². The van der Waals surface area contributed by atoms with Gasteiger partial charge in [0.1, 0.15) is 0 Å². The highest BCUT2D eigenvalue weighted by Gasteiger charge is 2.21. The Morgan fingerprint density at radius 1 is 1.38 bits per heavy atom. The first-order chi connectivity index (χ1) is 10.0. The van der Waals surface area contributed by atoms with E-state index in [0.717, 1.165) is 36.4 Å². The molecule has 1 aromatic carbocycles. The first kappa shape index (κ1) is 15.8. The average Bonchev–Trinajstić information content (AvgIpc) is 2.48. The van der Waals surface area contributed by atoms with Gasteiger partial charge in [-0.2, -0.15) is 0 Å². The van der Waals surface area contributed by atoms with Gasteiger partial charge in [-0.3, -0.25) is 4.79 Å². The molecular weight excluding hydrogens is 262 g/mol. The maximum absolute atomic E-state index is 12.6. The van der Waals surface area contributed by atoms with Crippen molar-refractivity contribution in [2.75, 3.05) is 46.1 Å². The van der Waals surface area contributed by atoms with Crippen LogP contribution in [-0.4, -0.2) is 56.5 Å². The number of amides is 1. The quantitative estimate of drug-likeness (QED) is 0.925. The Morgan fingerprint density at radius 2 is 2.05 bits per heavy atom.